The van der Waals surface area contributed by atoms with Gasteiger partial charge < -0.3 is 19.3 Å². The molecule has 2 aromatic rings. The van der Waals surface area contributed by atoms with Crippen LogP contribution in [0.15, 0.2) is 48.5 Å². The number of allylic oxidation sites excluding steroid dienone is 1. The lowest BCUT2D eigenvalue weighted by Gasteiger charge is -2.10. The van der Waals surface area contributed by atoms with E-state index in [0.717, 1.165) is 5.56 Å². The summed E-state index contributed by atoms with van der Waals surface area (Å²) in [5.41, 5.74) is 1.16. The van der Waals surface area contributed by atoms with Gasteiger partial charge in [0.2, 0.25) is 0 Å². The molecule has 0 spiro atoms. The number of benzene rings is 2. The van der Waals surface area contributed by atoms with Gasteiger partial charge in [0.15, 0.2) is 30.0 Å². The third kappa shape index (κ3) is 5.61. The molecule has 144 valence electrons. The molecule has 2 rings (SSSR count). The van der Waals surface area contributed by atoms with Gasteiger partial charge in [-0.1, -0.05) is 12.1 Å². The lowest BCUT2D eigenvalue weighted by molar-refractivity contribution is -0.144. The molecule has 7 nitrogen and oxygen atoms in total. The Morgan fingerprint density at radius 3 is 2.50 bits per heavy atom. The quantitative estimate of drug-likeness (QED) is 0.524. The lowest BCUT2D eigenvalue weighted by atomic mass is 10.1. The molecule has 0 saturated heterocycles. The monoisotopic (exact) mass is 381 g/mol. The molecular formula is C21H19NO6. The third-order valence-electron chi connectivity index (χ3n) is 3.71. The van der Waals surface area contributed by atoms with Crippen molar-refractivity contribution in [2.24, 2.45) is 0 Å². The number of ketones is 1. The summed E-state index contributed by atoms with van der Waals surface area (Å²) in [6.45, 7) is 1.34. The summed E-state index contributed by atoms with van der Waals surface area (Å²) in [4.78, 5) is 23.1. The molecule has 1 atom stereocenters. The van der Waals surface area contributed by atoms with Gasteiger partial charge in [-0.3, -0.25) is 4.79 Å². The molecule has 1 N–H and O–H groups in total. The molecule has 2 aromatic carbocycles. The second kappa shape index (κ2) is 9.78. The summed E-state index contributed by atoms with van der Waals surface area (Å²) in [7, 11) is 1.49. The first-order chi connectivity index (χ1) is 13.4. The number of carboxylic acids is 1. The van der Waals surface area contributed by atoms with Crippen LogP contribution in [0.25, 0.3) is 6.08 Å². The van der Waals surface area contributed by atoms with Crippen LogP contribution in [0.4, 0.5) is 0 Å². The summed E-state index contributed by atoms with van der Waals surface area (Å²) < 4.78 is 15.7. The molecule has 28 heavy (non-hydrogen) atoms. The second-order valence-corrected chi connectivity index (χ2v) is 5.68. The smallest absolute Gasteiger partial charge is 0.344 e. The van der Waals surface area contributed by atoms with E-state index in [1.807, 2.05) is 6.07 Å². The number of carbonyl (C=O) groups is 2. The van der Waals surface area contributed by atoms with E-state index in [1.54, 1.807) is 48.5 Å². The lowest BCUT2D eigenvalue weighted by Crippen LogP contribution is -2.22. The van der Waals surface area contributed by atoms with Crippen LogP contribution in [-0.4, -0.2) is 36.7 Å². The number of carbonyl (C=O) groups excluding carboxylic acids is 1. The van der Waals surface area contributed by atoms with E-state index in [9.17, 15) is 9.59 Å². The number of ether oxygens (including phenoxy) is 3. The number of carboxylic acid groups (broad SMARTS) is 1. The Hall–Kier alpha value is -3.79. The highest BCUT2D eigenvalue weighted by molar-refractivity contribution is 6.06. The van der Waals surface area contributed by atoms with Gasteiger partial charge in [-0.2, -0.15) is 5.26 Å². The van der Waals surface area contributed by atoms with Gasteiger partial charge in [0.25, 0.3) is 0 Å². The zero-order valence-electron chi connectivity index (χ0n) is 15.4. The van der Waals surface area contributed by atoms with Gasteiger partial charge in [-0.25, -0.2) is 4.79 Å². The largest absolute Gasteiger partial charge is 0.493 e. The average Bonchev–Trinajstić information content (AvgIpc) is 2.71. The first-order valence-electron chi connectivity index (χ1n) is 8.34. The molecule has 0 aromatic heterocycles. The Morgan fingerprint density at radius 1 is 1.18 bits per heavy atom. The minimum Gasteiger partial charge on any atom is -0.493 e. The van der Waals surface area contributed by atoms with Crippen molar-refractivity contribution in [3.63, 3.8) is 0 Å². The highest BCUT2D eigenvalue weighted by Gasteiger charge is 2.12. The number of rotatable bonds is 9. The standard InChI is InChI=1S/C21H19NO6/c1-14(21(24)25)28-17-7-5-16(6-8-17)18(23)9-3-15-4-10-19(27-12-11-22)20(13-15)26-2/h3-10,13-14H,12H2,1-2H3,(H,24,25)/b9-3+. The first-order valence-corrected chi connectivity index (χ1v) is 8.34. The van der Waals surface area contributed by atoms with E-state index >= 15 is 0 Å². The van der Waals surface area contributed by atoms with Crippen LogP contribution < -0.4 is 14.2 Å². The molecule has 0 radical (unpaired) electrons. The van der Waals surface area contributed by atoms with E-state index in [-0.39, 0.29) is 12.4 Å². The van der Waals surface area contributed by atoms with Crippen molar-refractivity contribution in [2.45, 2.75) is 13.0 Å². The fraction of sp³-hybridized carbons (Fsp3) is 0.190. The van der Waals surface area contributed by atoms with Crippen LogP contribution in [0.2, 0.25) is 0 Å². The maximum absolute atomic E-state index is 12.3. The van der Waals surface area contributed by atoms with E-state index in [1.165, 1.54) is 20.1 Å². The van der Waals surface area contributed by atoms with Crippen molar-refractivity contribution in [1.82, 2.24) is 0 Å². The molecule has 0 fully saturated rings. The van der Waals surface area contributed by atoms with E-state index in [4.69, 9.17) is 24.6 Å². The highest BCUT2D eigenvalue weighted by Crippen LogP contribution is 2.28. The van der Waals surface area contributed by atoms with Crippen molar-refractivity contribution in [2.75, 3.05) is 13.7 Å². The number of nitriles is 1. The average molecular weight is 381 g/mol. The number of hydrogen-bond donors (Lipinski definition) is 1. The fourth-order valence-corrected chi connectivity index (χ4v) is 2.24. The molecule has 0 aliphatic rings. The zero-order chi connectivity index (χ0) is 20.5. The molecule has 1 unspecified atom stereocenters. The molecule has 7 heteroatoms. The summed E-state index contributed by atoms with van der Waals surface area (Å²) in [6, 6.07) is 13.2. The summed E-state index contributed by atoms with van der Waals surface area (Å²) in [6.07, 6.45) is 2.08. The van der Waals surface area contributed by atoms with Gasteiger partial charge in [0, 0.05) is 5.56 Å². The molecule has 0 saturated carbocycles. The molecular weight excluding hydrogens is 362 g/mol. The predicted octanol–water partition coefficient (Wildman–Crippen LogP) is 3.35. The van der Waals surface area contributed by atoms with Crippen LogP contribution in [0.5, 0.6) is 17.2 Å². The van der Waals surface area contributed by atoms with E-state index in [0.29, 0.717) is 22.8 Å². The molecule has 0 heterocycles. The number of methoxy groups -OCH3 is 1. The Morgan fingerprint density at radius 2 is 1.89 bits per heavy atom. The van der Waals surface area contributed by atoms with Crippen LogP contribution in [0, 0.1) is 11.3 Å². The van der Waals surface area contributed by atoms with E-state index < -0.39 is 12.1 Å². The van der Waals surface area contributed by atoms with Crippen molar-refractivity contribution < 1.29 is 28.9 Å². The van der Waals surface area contributed by atoms with Crippen molar-refractivity contribution in [3.8, 4) is 23.3 Å². The van der Waals surface area contributed by atoms with Gasteiger partial charge in [0.05, 0.1) is 7.11 Å². The first kappa shape index (κ1) is 20.5. The van der Waals surface area contributed by atoms with Gasteiger partial charge >= 0.3 is 5.97 Å². The summed E-state index contributed by atoms with van der Waals surface area (Å²) >= 11 is 0. The molecule has 0 bridgehead atoms. The summed E-state index contributed by atoms with van der Waals surface area (Å²) in [5.74, 6) is -0.0186. The number of hydrogen-bond acceptors (Lipinski definition) is 6. The topological polar surface area (TPSA) is 106 Å². The Kier molecular flexibility index (Phi) is 7.17. The van der Waals surface area contributed by atoms with Gasteiger partial charge in [-0.05, 0) is 55.0 Å². The fourth-order valence-electron chi connectivity index (χ4n) is 2.24. The highest BCUT2D eigenvalue weighted by atomic mass is 16.5. The van der Waals surface area contributed by atoms with Crippen molar-refractivity contribution in [1.29, 1.82) is 5.26 Å². The number of aliphatic carboxylic acids is 1. The Bertz CT molecular complexity index is 911. The maximum atomic E-state index is 12.3. The predicted molar refractivity (Wildman–Crippen MR) is 102 cm³/mol. The molecule has 0 aliphatic heterocycles. The van der Waals surface area contributed by atoms with Gasteiger partial charge in [-0.15, -0.1) is 0 Å². The molecule has 0 amide bonds. The van der Waals surface area contributed by atoms with Crippen LogP contribution >= 0.6 is 0 Å². The number of nitrogens with zero attached hydrogens (tertiary/aromatic N) is 1. The normalized spacial score (nSPS) is 11.5. The Balaban J connectivity index is 2.06. The SMILES string of the molecule is COc1cc(/C=C/C(=O)c2ccc(OC(C)C(=O)O)cc2)ccc1OCC#N. The maximum Gasteiger partial charge on any atom is 0.344 e. The third-order valence-corrected chi connectivity index (χ3v) is 3.71. The minimum atomic E-state index is -1.07. The summed E-state index contributed by atoms with van der Waals surface area (Å²) in [5, 5.41) is 17.4. The zero-order valence-corrected chi connectivity index (χ0v) is 15.4. The molecule has 0 aliphatic carbocycles. The van der Waals surface area contributed by atoms with Crippen LogP contribution in [-0.2, 0) is 4.79 Å². The van der Waals surface area contributed by atoms with Crippen LogP contribution in [0.3, 0.4) is 0 Å². The van der Waals surface area contributed by atoms with E-state index in [2.05, 4.69) is 0 Å². The van der Waals surface area contributed by atoms with Crippen LogP contribution in [0.1, 0.15) is 22.8 Å². The minimum absolute atomic E-state index is 0.0883. The van der Waals surface area contributed by atoms with Gasteiger partial charge in [0.1, 0.15) is 11.8 Å². The van der Waals surface area contributed by atoms with Crippen molar-refractivity contribution >= 4 is 17.8 Å². The Labute approximate surface area is 162 Å². The second-order valence-electron chi connectivity index (χ2n) is 5.68. The van der Waals surface area contributed by atoms with Crippen molar-refractivity contribution in [3.05, 3.63) is 59.7 Å².